The lowest BCUT2D eigenvalue weighted by atomic mass is 9.98. The Morgan fingerprint density at radius 3 is 2.36 bits per heavy atom. The van der Waals surface area contributed by atoms with E-state index in [9.17, 15) is 13.9 Å². The fraction of sp³-hybridized carbons (Fsp3) is 0.400. The molecule has 78 valence electrons. The molecule has 1 N–H and O–H groups in total. The summed E-state index contributed by atoms with van der Waals surface area (Å²) in [5.41, 5.74) is -0.0139. The van der Waals surface area contributed by atoms with E-state index in [0.717, 1.165) is 6.07 Å². The summed E-state index contributed by atoms with van der Waals surface area (Å²) in [5.74, 6) is -2.09. The van der Waals surface area contributed by atoms with E-state index in [1.54, 1.807) is 13.8 Å². The van der Waals surface area contributed by atoms with Gasteiger partial charge in [0.25, 0.3) is 0 Å². The van der Waals surface area contributed by atoms with Gasteiger partial charge in [-0.3, -0.25) is 0 Å². The lowest BCUT2D eigenvalue weighted by Crippen LogP contribution is -2.09. The lowest BCUT2D eigenvalue weighted by molar-refractivity contribution is 0.121. The second-order valence-corrected chi connectivity index (χ2v) is 4.30. The molecule has 1 atom stereocenters. The van der Waals surface area contributed by atoms with Crippen LogP contribution in [0, 0.1) is 17.6 Å². The molecule has 1 rings (SSSR count). The van der Waals surface area contributed by atoms with E-state index in [-0.39, 0.29) is 11.5 Å². The van der Waals surface area contributed by atoms with Gasteiger partial charge < -0.3 is 5.11 Å². The molecule has 0 aliphatic carbocycles. The number of hydrogen-bond acceptors (Lipinski definition) is 1. The monoisotopic (exact) mass is 264 g/mol. The Kier molecular flexibility index (Phi) is 3.61. The highest BCUT2D eigenvalue weighted by Gasteiger charge is 2.21. The van der Waals surface area contributed by atoms with Gasteiger partial charge in [-0.05, 0) is 18.1 Å². The van der Waals surface area contributed by atoms with E-state index < -0.39 is 17.7 Å². The lowest BCUT2D eigenvalue weighted by Gasteiger charge is -2.17. The zero-order valence-corrected chi connectivity index (χ0v) is 9.48. The Balaban J connectivity index is 3.25. The Bertz CT molecular complexity index is 339. The third-order valence-electron chi connectivity index (χ3n) is 2.01. The predicted octanol–water partition coefficient (Wildman–Crippen LogP) is 3.42. The van der Waals surface area contributed by atoms with E-state index in [1.165, 1.54) is 6.07 Å². The third-order valence-corrected chi connectivity index (χ3v) is 2.70. The van der Waals surface area contributed by atoms with E-state index in [1.807, 2.05) is 0 Å². The van der Waals surface area contributed by atoms with Crippen molar-refractivity contribution < 1.29 is 13.9 Å². The molecule has 0 radical (unpaired) electrons. The number of hydrogen-bond donors (Lipinski definition) is 1. The van der Waals surface area contributed by atoms with Gasteiger partial charge in [0.15, 0.2) is 11.6 Å². The molecular formula is C10H11BrF2O. The minimum Gasteiger partial charge on any atom is -0.388 e. The summed E-state index contributed by atoms with van der Waals surface area (Å²) in [6, 6.07) is 2.41. The predicted molar refractivity (Wildman–Crippen MR) is 53.9 cm³/mol. The van der Waals surface area contributed by atoms with Crippen molar-refractivity contribution in [3.05, 3.63) is 33.8 Å². The maximum absolute atomic E-state index is 13.3. The summed E-state index contributed by atoms with van der Waals surface area (Å²) < 4.78 is 26.6. The van der Waals surface area contributed by atoms with Crippen molar-refractivity contribution in [2.75, 3.05) is 0 Å². The molecule has 1 aromatic carbocycles. The number of rotatable bonds is 2. The van der Waals surface area contributed by atoms with Crippen molar-refractivity contribution in [2.24, 2.45) is 5.92 Å². The van der Waals surface area contributed by atoms with Gasteiger partial charge in [-0.15, -0.1) is 0 Å². The topological polar surface area (TPSA) is 20.2 Å². The van der Waals surface area contributed by atoms with Crippen LogP contribution in [0.1, 0.15) is 25.5 Å². The van der Waals surface area contributed by atoms with Crippen molar-refractivity contribution in [2.45, 2.75) is 20.0 Å². The average molecular weight is 265 g/mol. The molecule has 0 amide bonds. The Morgan fingerprint density at radius 2 is 1.86 bits per heavy atom. The normalized spacial score (nSPS) is 13.4. The number of halogens is 3. The summed E-state index contributed by atoms with van der Waals surface area (Å²) in [4.78, 5) is 0. The molecule has 0 bridgehead atoms. The third kappa shape index (κ3) is 2.12. The first-order valence-corrected chi connectivity index (χ1v) is 5.06. The maximum Gasteiger partial charge on any atom is 0.165 e. The number of aliphatic hydroxyl groups is 1. The molecule has 1 nitrogen and oxygen atoms in total. The summed E-state index contributed by atoms with van der Waals surface area (Å²) in [6.07, 6.45) is -1.000. The van der Waals surface area contributed by atoms with Gasteiger partial charge in [-0.2, -0.15) is 0 Å². The second-order valence-electron chi connectivity index (χ2n) is 3.45. The van der Waals surface area contributed by atoms with E-state index in [0.29, 0.717) is 4.47 Å². The van der Waals surface area contributed by atoms with Crippen LogP contribution < -0.4 is 0 Å². The molecule has 0 aliphatic heterocycles. The van der Waals surface area contributed by atoms with Crippen LogP contribution in [0.4, 0.5) is 8.78 Å². The molecule has 0 saturated heterocycles. The van der Waals surface area contributed by atoms with Gasteiger partial charge in [0.2, 0.25) is 0 Å². The first-order chi connectivity index (χ1) is 6.45. The minimum atomic E-state index is -1.000. The van der Waals surface area contributed by atoms with Crippen LogP contribution >= 0.6 is 15.9 Å². The fourth-order valence-corrected chi connectivity index (χ4v) is 1.69. The molecule has 0 spiro atoms. The standard InChI is InChI=1S/C10H11BrF2O/c1-5(2)10(14)8-6(11)3-4-7(12)9(8)13/h3-5,10,14H,1-2H3. The Morgan fingerprint density at radius 1 is 1.29 bits per heavy atom. The molecule has 0 fully saturated rings. The van der Waals surface area contributed by atoms with Gasteiger partial charge in [-0.25, -0.2) is 8.78 Å². The van der Waals surface area contributed by atoms with Gasteiger partial charge in [0, 0.05) is 10.0 Å². The molecule has 0 saturated carbocycles. The zero-order valence-electron chi connectivity index (χ0n) is 7.89. The van der Waals surface area contributed by atoms with E-state index in [4.69, 9.17) is 0 Å². The summed E-state index contributed by atoms with van der Waals surface area (Å²) in [7, 11) is 0. The molecule has 0 heterocycles. The first kappa shape index (κ1) is 11.6. The molecule has 0 aromatic heterocycles. The van der Waals surface area contributed by atoms with Crippen molar-refractivity contribution in [1.82, 2.24) is 0 Å². The van der Waals surface area contributed by atoms with E-state index in [2.05, 4.69) is 15.9 Å². The molecule has 14 heavy (non-hydrogen) atoms. The molecular weight excluding hydrogens is 254 g/mol. The second kappa shape index (κ2) is 4.36. The first-order valence-electron chi connectivity index (χ1n) is 4.26. The van der Waals surface area contributed by atoms with Crippen LogP contribution in [0.15, 0.2) is 16.6 Å². The average Bonchev–Trinajstić information content (AvgIpc) is 2.12. The van der Waals surface area contributed by atoms with Crippen LogP contribution in [0.2, 0.25) is 0 Å². The van der Waals surface area contributed by atoms with Crippen molar-refractivity contribution in [1.29, 1.82) is 0 Å². The number of aliphatic hydroxyl groups excluding tert-OH is 1. The van der Waals surface area contributed by atoms with Gasteiger partial charge in [0.1, 0.15) is 0 Å². The van der Waals surface area contributed by atoms with E-state index >= 15 is 0 Å². The fourth-order valence-electron chi connectivity index (χ4n) is 1.15. The van der Waals surface area contributed by atoms with Crippen LogP contribution in [0.5, 0.6) is 0 Å². The molecule has 1 unspecified atom stereocenters. The smallest absolute Gasteiger partial charge is 0.165 e. The SMILES string of the molecule is CC(C)C(O)c1c(Br)ccc(F)c1F. The van der Waals surface area contributed by atoms with Crippen molar-refractivity contribution >= 4 is 15.9 Å². The van der Waals surface area contributed by atoms with Crippen LogP contribution in [0.25, 0.3) is 0 Å². The number of benzene rings is 1. The van der Waals surface area contributed by atoms with Gasteiger partial charge in [-0.1, -0.05) is 29.8 Å². The highest BCUT2D eigenvalue weighted by Crippen LogP contribution is 2.31. The Labute approximate surface area is 89.9 Å². The quantitative estimate of drug-likeness (QED) is 0.812. The minimum absolute atomic E-state index is 0.0139. The molecule has 1 aromatic rings. The highest BCUT2D eigenvalue weighted by atomic mass is 79.9. The van der Waals surface area contributed by atoms with Gasteiger partial charge in [0.05, 0.1) is 6.10 Å². The largest absolute Gasteiger partial charge is 0.388 e. The van der Waals surface area contributed by atoms with Crippen molar-refractivity contribution in [3.8, 4) is 0 Å². The summed E-state index contributed by atoms with van der Waals surface area (Å²) in [6.45, 7) is 3.48. The maximum atomic E-state index is 13.3. The summed E-state index contributed by atoms with van der Waals surface area (Å²) >= 11 is 3.08. The summed E-state index contributed by atoms with van der Waals surface area (Å²) in [5, 5.41) is 9.65. The molecule has 4 heteroatoms. The van der Waals surface area contributed by atoms with Crippen LogP contribution in [0.3, 0.4) is 0 Å². The molecule has 0 aliphatic rings. The highest BCUT2D eigenvalue weighted by molar-refractivity contribution is 9.10. The van der Waals surface area contributed by atoms with Gasteiger partial charge >= 0.3 is 0 Å². The van der Waals surface area contributed by atoms with Crippen LogP contribution in [-0.2, 0) is 0 Å². The Hall–Kier alpha value is -0.480. The zero-order chi connectivity index (χ0) is 10.9. The van der Waals surface area contributed by atoms with Crippen molar-refractivity contribution in [3.63, 3.8) is 0 Å². The van der Waals surface area contributed by atoms with Crippen LogP contribution in [-0.4, -0.2) is 5.11 Å².